The van der Waals surface area contributed by atoms with Crippen LogP contribution < -0.4 is 10.1 Å². The highest BCUT2D eigenvalue weighted by Gasteiger charge is 2.25. The van der Waals surface area contributed by atoms with Crippen LogP contribution in [0.1, 0.15) is 27.7 Å². The first-order chi connectivity index (χ1) is 14.0. The first kappa shape index (κ1) is 20.6. The van der Waals surface area contributed by atoms with Crippen molar-refractivity contribution in [3.63, 3.8) is 0 Å². The summed E-state index contributed by atoms with van der Waals surface area (Å²) in [6.45, 7) is 3.81. The minimum atomic E-state index is -0.485. The number of rotatable bonds is 7. The molecule has 1 heterocycles. The number of methoxy groups -OCH3 is 1. The van der Waals surface area contributed by atoms with Crippen LogP contribution in [0.25, 0.3) is 11.1 Å². The zero-order valence-corrected chi connectivity index (χ0v) is 17.5. The van der Waals surface area contributed by atoms with Gasteiger partial charge < -0.3 is 14.8 Å². The third-order valence-corrected chi connectivity index (χ3v) is 5.52. The fourth-order valence-corrected chi connectivity index (χ4v) is 4.21. The molecule has 0 spiro atoms. The average Bonchev–Trinajstić information content (AvgIpc) is 3.07. The number of hydrogen-bond acceptors (Lipinski definition) is 5. The van der Waals surface area contributed by atoms with Crippen molar-refractivity contribution in [2.45, 2.75) is 20.3 Å². The number of amides is 1. The van der Waals surface area contributed by atoms with Gasteiger partial charge >= 0.3 is 5.97 Å². The smallest absolute Gasteiger partial charge is 0.341 e. The number of carbonyl (C=O) groups excluding carboxylic acids is 2. The van der Waals surface area contributed by atoms with E-state index in [1.807, 2.05) is 68.4 Å². The van der Waals surface area contributed by atoms with E-state index in [0.717, 1.165) is 28.0 Å². The van der Waals surface area contributed by atoms with Gasteiger partial charge in [0.2, 0.25) is 0 Å². The number of aryl methyl sites for hydroxylation is 2. The van der Waals surface area contributed by atoms with E-state index in [1.165, 1.54) is 18.4 Å². The molecule has 1 N–H and O–H groups in total. The molecule has 150 valence electrons. The summed E-state index contributed by atoms with van der Waals surface area (Å²) in [4.78, 5) is 25.9. The Bertz CT molecular complexity index is 1010. The molecular weight excluding hydrogens is 386 g/mol. The Balaban J connectivity index is 1.83. The summed E-state index contributed by atoms with van der Waals surface area (Å²) in [5.41, 5.74) is 3.07. The lowest BCUT2D eigenvalue weighted by Crippen LogP contribution is -2.21. The van der Waals surface area contributed by atoms with E-state index in [2.05, 4.69) is 5.32 Å². The van der Waals surface area contributed by atoms with Crippen LogP contribution in [0.5, 0.6) is 5.75 Å². The highest BCUT2D eigenvalue weighted by molar-refractivity contribution is 7.17. The van der Waals surface area contributed by atoms with Crippen LogP contribution in [0.3, 0.4) is 0 Å². The second-order valence-corrected chi connectivity index (χ2v) is 7.62. The van der Waals surface area contributed by atoms with Crippen molar-refractivity contribution in [2.24, 2.45) is 0 Å². The number of anilines is 1. The SMILES string of the molecule is CCc1ccccc1OCC(=O)Nc1sc(C)c(-c2ccccc2)c1C(=O)OC. The molecule has 0 unspecified atom stereocenters. The Morgan fingerprint density at radius 2 is 1.72 bits per heavy atom. The zero-order chi connectivity index (χ0) is 20.8. The van der Waals surface area contributed by atoms with Crippen molar-refractivity contribution < 1.29 is 19.1 Å². The summed E-state index contributed by atoms with van der Waals surface area (Å²) >= 11 is 1.35. The lowest BCUT2D eigenvalue weighted by atomic mass is 10.0. The summed E-state index contributed by atoms with van der Waals surface area (Å²) in [7, 11) is 1.33. The number of nitrogens with one attached hydrogen (secondary N) is 1. The van der Waals surface area contributed by atoms with E-state index in [-0.39, 0.29) is 12.5 Å². The van der Waals surface area contributed by atoms with E-state index in [9.17, 15) is 9.59 Å². The average molecular weight is 410 g/mol. The molecule has 0 aliphatic heterocycles. The number of esters is 1. The Morgan fingerprint density at radius 1 is 1.03 bits per heavy atom. The predicted molar refractivity (Wildman–Crippen MR) is 116 cm³/mol. The molecule has 2 aromatic carbocycles. The van der Waals surface area contributed by atoms with Gasteiger partial charge in [0.1, 0.15) is 16.3 Å². The van der Waals surface area contributed by atoms with Gasteiger partial charge in [-0.15, -0.1) is 11.3 Å². The van der Waals surface area contributed by atoms with Crippen LogP contribution in [0, 0.1) is 6.92 Å². The van der Waals surface area contributed by atoms with E-state index >= 15 is 0 Å². The molecule has 6 heteroatoms. The molecule has 3 aromatic rings. The van der Waals surface area contributed by atoms with E-state index < -0.39 is 5.97 Å². The fourth-order valence-electron chi connectivity index (χ4n) is 3.12. The molecule has 0 fully saturated rings. The summed E-state index contributed by atoms with van der Waals surface area (Å²) in [6.07, 6.45) is 0.814. The van der Waals surface area contributed by atoms with Crippen LogP contribution in [0.15, 0.2) is 54.6 Å². The first-order valence-corrected chi connectivity index (χ1v) is 10.1. The molecule has 0 radical (unpaired) electrons. The van der Waals surface area contributed by atoms with Gasteiger partial charge in [-0.3, -0.25) is 4.79 Å². The van der Waals surface area contributed by atoms with E-state index in [4.69, 9.17) is 9.47 Å². The second-order valence-electron chi connectivity index (χ2n) is 6.39. The Kier molecular flexibility index (Phi) is 6.67. The molecule has 1 amide bonds. The summed E-state index contributed by atoms with van der Waals surface area (Å²) in [5, 5.41) is 3.28. The maximum Gasteiger partial charge on any atom is 0.341 e. The number of thiophene rings is 1. The third-order valence-electron chi connectivity index (χ3n) is 4.50. The van der Waals surface area contributed by atoms with Gasteiger partial charge in [0.25, 0.3) is 5.91 Å². The third kappa shape index (κ3) is 4.66. The van der Waals surface area contributed by atoms with Gasteiger partial charge in [-0.05, 0) is 30.5 Å². The van der Waals surface area contributed by atoms with Crippen molar-refractivity contribution in [3.05, 3.63) is 70.6 Å². The van der Waals surface area contributed by atoms with Gasteiger partial charge in [0.15, 0.2) is 6.61 Å². The minimum Gasteiger partial charge on any atom is -0.483 e. The fraction of sp³-hybridized carbons (Fsp3) is 0.217. The first-order valence-electron chi connectivity index (χ1n) is 9.32. The number of para-hydroxylation sites is 1. The standard InChI is InChI=1S/C23H23NO4S/c1-4-16-10-8-9-13-18(16)28-14-19(25)24-22-21(23(26)27-3)20(15(2)29-22)17-11-6-5-7-12-17/h5-13H,4,14H2,1-3H3,(H,24,25). The highest BCUT2D eigenvalue weighted by Crippen LogP contribution is 2.40. The molecule has 0 bridgehead atoms. The van der Waals surface area contributed by atoms with Crippen LogP contribution >= 0.6 is 11.3 Å². The van der Waals surface area contributed by atoms with Gasteiger partial charge in [0, 0.05) is 10.4 Å². The van der Waals surface area contributed by atoms with Crippen LogP contribution in [-0.2, 0) is 16.0 Å². The Labute approximate surface area is 174 Å². The summed E-state index contributed by atoms with van der Waals surface area (Å²) < 4.78 is 10.7. The number of hydrogen-bond donors (Lipinski definition) is 1. The maximum atomic E-state index is 12.5. The molecule has 0 saturated carbocycles. The molecule has 0 aliphatic rings. The zero-order valence-electron chi connectivity index (χ0n) is 16.7. The Morgan fingerprint density at radius 3 is 2.41 bits per heavy atom. The monoisotopic (exact) mass is 409 g/mol. The molecule has 0 aliphatic carbocycles. The largest absolute Gasteiger partial charge is 0.483 e. The number of benzene rings is 2. The number of carbonyl (C=O) groups is 2. The van der Waals surface area contributed by atoms with Crippen molar-refractivity contribution in [2.75, 3.05) is 19.0 Å². The van der Waals surface area contributed by atoms with Crippen LogP contribution in [-0.4, -0.2) is 25.6 Å². The van der Waals surface area contributed by atoms with Gasteiger partial charge in [-0.1, -0.05) is 55.5 Å². The topological polar surface area (TPSA) is 64.6 Å². The van der Waals surface area contributed by atoms with Crippen molar-refractivity contribution in [1.29, 1.82) is 0 Å². The summed E-state index contributed by atoms with van der Waals surface area (Å²) in [6, 6.07) is 17.2. The summed E-state index contributed by atoms with van der Waals surface area (Å²) in [5.74, 6) is -0.131. The van der Waals surface area contributed by atoms with Crippen molar-refractivity contribution in [1.82, 2.24) is 0 Å². The molecule has 3 rings (SSSR count). The Hall–Kier alpha value is -3.12. The van der Waals surface area contributed by atoms with Crippen molar-refractivity contribution in [3.8, 4) is 16.9 Å². The predicted octanol–water partition coefficient (Wildman–Crippen LogP) is 5.09. The molecule has 5 nitrogen and oxygen atoms in total. The molecule has 0 saturated heterocycles. The lowest BCUT2D eigenvalue weighted by Gasteiger charge is -2.11. The number of ether oxygens (including phenoxy) is 2. The van der Waals surface area contributed by atoms with E-state index in [0.29, 0.717) is 16.3 Å². The van der Waals surface area contributed by atoms with Crippen molar-refractivity contribution >= 4 is 28.2 Å². The second kappa shape index (κ2) is 9.39. The minimum absolute atomic E-state index is 0.144. The normalized spacial score (nSPS) is 10.4. The van der Waals surface area contributed by atoms with Crippen LogP contribution in [0.4, 0.5) is 5.00 Å². The molecular formula is C23H23NO4S. The van der Waals surface area contributed by atoms with Gasteiger partial charge in [-0.25, -0.2) is 4.79 Å². The lowest BCUT2D eigenvalue weighted by molar-refractivity contribution is -0.118. The molecule has 0 atom stereocenters. The highest BCUT2D eigenvalue weighted by atomic mass is 32.1. The quantitative estimate of drug-likeness (QED) is 0.552. The molecule has 29 heavy (non-hydrogen) atoms. The maximum absolute atomic E-state index is 12.5. The van der Waals surface area contributed by atoms with Gasteiger partial charge in [-0.2, -0.15) is 0 Å². The van der Waals surface area contributed by atoms with Gasteiger partial charge in [0.05, 0.1) is 7.11 Å². The van der Waals surface area contributed by atoms with E-state index in [1.54, 1.807) is 0 Å². The van der Waals surface area contributed by atoms with Crippen LogP contribution in [0.2, 0.25) is 0 Å². The molecule has 1 aromatic heterocycles.